The van der Waals surface area contributed by atoms with Crippen LogP contribution >= 0.6 is 23.2 Å². The molecule has 0 heterocycles. The van der Waals surface area contributed by atoms with E-state index in [1.165, 1.54) is 19.2 Å². The van der Waals surface area contributed by atoms with E-state index in [0.29, 0.717) is 21.4 Å². The molecule has 14 heavy (non-hydrogen) atoms. The van der Waals surface area contributed by atoms with Gasteiger partial charge in [0.05, 0.1) is 21.4 Å². The first-order valence-electron chi connectivity index (χ1n) is 3.78. The smallest absolute Gasteiger partial charge is 0.319 e. The number of amides is 2. The molecular weight excluding hydrogens is 225 g/mol. The van der Waals surface area contributed by atoms with E-state index in [4.69, 9.17) is 28.9 Å². The molecule has 0 aliphatic rings. The lowest BCUT2D eigenvalue weighted by atomic mass is 10.2. The SMILES string of the molecule is CNC(=O)Nc1cc(Cl)c(Cl)cc1N. The minimum absolute atomic E-state index is 0.340. The van der Waals surface area contributed by atoms with Crippen molar-refractivity contribution in [2.24, 2.45) is 0 Å². The van der Waals surface area contributed by atoms with E-state index >= 15 is 0 Å². The average Bonchev–Trinajstić information content (AvgIpc) is 2.14. The van der Waals surface area contributed by atoms with E-state index in [9.17, 15) is 4.79 Å². The first kappa shape index (κ1) is 10.9. The molecular formula is C8H9Cl2N3O. The zero-order valence-corrected chi connectivity index (χ0v) is 8.91. The first-order valence-corrected chi connectivity index (χ1v) is 4.53. The molecule has 4 N–H and O–H groups in total. The summed E-state index contributed by atoms with van der Waals surface area (Å²) in [6.45, 7) is 0. The number of anilines is 2. The molecule has 0 aliphatic carbocycles. The fourth-order valence-corrected chi connectivity index (χ4v) is 1.19. The van der Waals surface area contributed by atoms with Crippen molar-refractivity contribution < 1.29 is 4.79 Å². The van der Waals surface area contributed by atoms with Crippen LogP contribution in [0.1, 0.15) is 0 Å². The second-order valence-corrected chi connectivity index (χ2v) is 3.37. The summed E-state index contributed by atoms with van der Waals surface area (Å²) in [7, 11) is 1.50. The van der Waals surface area contributed by atoms with E-state index in [1.54, 1.807) is 0 Å². The quantitative estimate of drug-likeness (QED) is 0.652. The van der Waals surface area contributed by atoms with Gasteiger partial charge >= 0.3 is 6.03 Å². The van der Waals surface area contributed by atoms with Gasteiger partial charge < -0.3 is 16.4 Å². The van der Waals surface area contributed by atoms with Crippen molar-refractivity contribution in [1.29, 1.82) is 0 Å². The lowest BCUT2D eigenvalue weighted by Crippen LogP contribution is -2.24. The number of halogens is 2. The summed E-state index contributed by atoms with van der Waals surface area (Å²) >= 11 is 11.5. The van der Waals surface area contributed by atoms with Crippen LogP contribution in [0.25, 0.3) is 0 Å². The lowest BCUT2D eigenvalue weighted by molar-refractivity contribution is 0.254. The summed E-state index contributed by atoms with van der Waals surface area (Å²) in [6, 6.07) is 2.61. The van der Waals surface area contributed by atoms with E-state index in [0.717, 1.165) is 0 Å². The molecule has 4 nitrogen and oxygen atoms in total. The van der Waals surface area contributed by atoms with E-state index < -0.39 is 0 Å². The largest absolute Gasteiger partial charge is 0.397 e. The first-order chi connectivity index (χ1) is 6.54. The number of nitrogens with one attached hydrogen (secondary N) is 2. The summed E-state index contributed by atoms with van der Waals surface area (Å²) in [5, 5.41) is 5.60. The number of benzene rings is 1. The maximum atomic E-state index is 11.0. The van der Waals surface area contributed by atoms with Crippen molar-refractivity contribution in [1.82, 2.24) is 5.32 Å². The number of urea groups is 1. The van der Waals surface area contributed by atoms with Crippen LogP contribution in [0.2, 0.25) is 10.0 Å². The molecule has 0 atom stereocenters. The van der Waals surface area contributed by atoms with Crippen LogP contribution in [-0.2, 0) is 0 Å². The topological polar surface area (TPSA) is 67.2 Å². The van der Waals surface area contributed by atoms with Gasteiger partial charge in [-0.15, -0.1) is 0 Å². The van der Waals surface area contributed by atoms with Gasteiger partial charge in [-0.25, -0.2) is 4.79 Å². The minimum Gasteiger partial charge on any atom is -0.397 e. The molecule has 0 unspecified atom stereocenters. The molecule has 0 radical (unpaired) electrons. The Bertz CT molecular complexity index is 368. The van der Waals surface area contributed by atoms with E-state index in [2.05, 4.69) is 10.6 Å². The van der Waals surface area contributed by atoms with Crippen molar-refractivity contribution in [2.45, 2.75) is 0 Å². The molecule has 0 aliphatic heterocycles. The number of carbonyl (C=O) groups excluding carboxylic acids is 1. The van der Waals surface area contributed by atoms with E-state index in [1.807, 2.05) is 0 Å². The molecule has 1 aromatic carbocycles. The van der Waals surface area contributed by atoms with Crippen LogP contribution < -0.4 is 16.4 Å². The highest BCUT2D eigenvalue weighted by atomic mass is 35.5. The average molecular weight is 234 g/mol. The maximum absolute atomic E-state index is 11.0. The van der Waals surface area contributed by atoms with Gasteiger partial charge in [-0.1, -0.05) is 23.2 Å². The number of hydrogen-bond donors (Lipinski definition) is 3. The molecule has 0 saturated carbocycles. The Morgan fingerprint density at radius 3 is 2.50 bits per heavy atom. The third-order valence-electron chi connectivity index (χ3n) is 1.57. The number of rotatable bonds is 1. The van der Waals surface area contributed by atoms with Gasteiger partial charge in [0.2, 0.25) is 0 Å². The normalized spacial score (nSPS) is 9.64. The number of nitrogens with two attached hydrogens (primary N) is 1. The molecule has 6 heteroatoms. The Morgan fingerprint density at radius 2 is 1.93 bits per heavy atom. The van der Waals surface area contributed by atoms with Crippen molar-refractivity contribution in [3.63, 3.8) is 0 Å². The van der Waals surface area contributed by atoms with E-state index in [-0.39, 0.29) is 6.03 Å². The summed E-state index contributed by atoms with van der Waals surface area (Å²) < 4.78 is 0. The standard InChI is InChI=1S/C8H9Cl2N3O/c1-12-8(14)13-7-3-5(10)4(9)2-6(7)11/h2-3H,11H2,1H3,(H2,12,13,14). The van der Waals surface area contributed by atoms with Crippen LogP contribution in [0.5, 0.6) is 0 Å². The van der Waals surface area contributed by atoms with Crippen molar-refractivity contribution >= 4 is 40.6 Å². The highest BCUT2D eigenvalue weighted by molar-refractivity contribution is 6.42. The monoisotopic (exact) mass is 233 g/mol. The Balaban J connectivity index is 2.98. The van der Waals surface area contributed by atoms with Gasteiger partial charge in [0.15, 0.2) is 0 Å². The van der Waals surface area contributed by atoms with Crippen LogP contribution in [0.15, 0.2) is 12.1 Å². The van der Waals surface area contributed by atoms with Crippen LogP contribution in [0.4, 0.5) is 16.2 Å². The van der Waals surface area contributed by atoms with Gasteiger partial charge in [-0.05, 0) is 12.1 Å². The third-order valence-corrected chi connectivity index (χ3v) is 2.29. The molecule has 0 spiro atoms. The van der Waals surface area contributed by atoms with Crippen molar-refractivity contribution in [2.75, 3.05) is 18.1 Å². The van der Waals surface area contributed by atoms with Crippen LogP contribution in [0, 0.1) is 0 Å². The minimum atomic E-state index is -0.366. The fourth-order valence-electron chi connectivity index (χ4n) is 0.855. The predicted molar refractivity (Wildman–Crippen MR) is 59.0 cm³/mol. The van der Waals surface area contributed by atoms with Gasteiger partial charge in [0.25, 0.3) is 0 Å². The van der Waals surface area contributed by atoms with Crippen molar-refractivity contribution in [3.8, 4) is 0 Å². The summed E-state index contributed by atoms with van der Waals surface area (Å²) in [4.78, 5) is 11.0. The number of carbonyl (C=O) groups is 1. The molecule has 1 aromatic rings. The summed E-state index contributed by atoms with van der Waals surface area (Å²) in [6.07, 6.45) is 0. The van der Waals surface area contributed by atoms with Crippen LogP contribution in [-0.4, -0.2) is 13.1 Å². The Kier molecular flexibility index (Phi) is 3.43. The van der Waals surface area contributed by atoms with Gasteiger partial charge in [0, 0.05) is 7.05 Å². The lowest BCUT2D eigenvalue weighted by Gasteiger charge is -2.08. The van der Waals surface area contributed by atoms with Gasteiger partial charge in [0.1, 0.15) is 0 Å². The molecule has 0 saturated heterocycles. The molecule has 0 fully saturated rings. The molecule has 76 valence electrons. The zero-order valence-electron chi connectivity index (χ0n) is 7.40. The fraction of sp³-hybridized carbons (Fsp3) is 0.125. The highest BCUT2D eigenvalue weighted by Crippen LogP contribution is 2.30. The molecule has 2 amide bonds. The molecule has 0 bridgehead atoms. The Labute approximate surface area is 91.4 Å². The summed E-state index contributed by atoms with van der Waals surface area (Å²) in [5.41, 5.74) is 6.40. The molecule has 1 rings (SSSR count). The van der Waals surface area contributed by atoms with Crippen molar-refractivity contribution in [3.05, 3.63) is 22.2 Å². The Morgan fingerprint density at radius 1 is 1.36 bits per heavy atom. The summed E-state index contributed by atoms with van der Waals surface area (Å²) in [5.74, 6) is 0. The maximum Gasteiger partial charge on any atom is 0.319 e. The third kappa shape index (κ3) is 2.43. The molecule has 0 aromatic heterocycles. The second-order valence-electron chi connectivity index (χ2n) is 2.56. The van der Waals surface area contributed by atoms with Gasteiger partial charge in [-0.2, -0.15) is 0 Å². The second kappa shape index (κ2) is 4.39. The zero-order chi connectivity index (χ0) is 10.7. The highest BCUT2D eigenvalue weighted by Gasteiger charge is 2.06. The predicted octanol–water partition coefficient (Wildman–Crippen LogP) is 2.33. The number of nitrogen functional groups attached to an aromatic ring is 1. The van der Waals surface area contributed by atoms with Gasteiger partial charge in [-0.3, -0.25) is 0 Å². The Hall–Kier alpha value is -1.13. The number of hydrogen-bond acceptors (Lipinski definition) is 2. The van der Waals surface area contributed by atoms with Crippen LogP contribution in [0.3, 0.4) is 0 Å².